The van der Waals surface area contributed by atoms with Gasteiger partial charge < -0.3 is 5.11 Å². The maximum absolute atomic E-state index is 8.08. The van der Waals surface area contributed by atoms with Crippen LogP contribution in [0.2, 0.25) is 0 Å². The summed E-state index contributed by atoms with van der Waals surface area (Å²) in [5.41, 5.74) is 0. The Morgan fingerprint density at radius 1 is 1.38 bits per heavy atom. The maximum atomic E-state index is 8.08. The topological polar surface area (TPSA) is 20.2 Å². The lowest BCUT2D eigenvalue weighted by molar-refractivity contribution is 0.350. The van der Waals surface area contributed by atoms with Gasteiger partial charge in [-0.15, -0.1) is 0 Å². The summed E-state index contributed by atoms with van der Waals surface area (Å²) in [6.45, 7) is -0.284. The Bertz CT molecular complexity index is 115. The van der Waals surface area contributed by atoms with Gasteiger partial charge in [0, 0.05) is 0 Å². The zero-order valence-corrected chi connectivity index (χ0v) is 6.06. The summed E-state index contributed by atoms with van der Waals surface area (Å²) in [4.78, 5) is 0. The van der Waals surface area contributed by atoms with Gasteiger partial charge in [-0.3, -0.25) is 0 Å². The Hall–Kier alpha value is 0.390. The van der Waals surface area contributed by atoms with Crippen LogP contribution in [0.25, 0.3) is 0 Å². The van der Waals surface area contributed by atoms with Crippen molar-refractivity contribution in [3.8, 4) is 11.8 Å². The third-order valence-electron chi connectivity index (χ3n) is 0.309. The number of aliphatic hydroxyl groups is 1. The molecule has 0 radical (unpaired) electrons. The van der Waals surface area contributed by atoms with Crippen molar-refractivity contribution in [2.45, 2.75) is 3.79 Å². The molecule has 4 heteroatoms. The van der Waals surface area contributed by atoms with E-state index < -0.39 is 3.79 Å². The highest BCUT2D eigenvalue weighted by Crippen LogP contribution is 2.23. The van der Waals surface area contributed by atoms with Crippen molar-refractivity contribution in [3.63, 3.8) is 0 Å². The number of alkyl halides is 3. The monoisotopic (exact) mass is 172 g/mol. The predicted octanol–water partition coefficient (Wildman–Crippen LogP) is 1.35. The normalized spacial score (nSPS) is 10.0. The summed E-state index contributed by atoms with van der Waals surface area (Å²) in [6.07, 6.45) is 0. The van der Waals surface area contributed by atoms with Gasteiger partial charge in [0.2, 0.25) is 0 Å². The average Bonchev–Trinajstić information content (AvgIpc) is 1.59. The van der Waals surface area contributed by atoms with Crippen LogP contribution in [0.5, 0.6) is 0 Å². The molecule has 0 atom stereocenters. The van der Waals surface area contributed by atoms with Crippen LogP contribution in [-0.2, 0) is 0 Å². The summed E-state index contributed by atoms with van der Waals surface area (Å²) < 4.78 is -1.55. The molecule has 0 saturated heterocycles. The summed E-state index contributed by atoms with van der Waals surface area (Å²) >= 11 is 15.5. The lowest BCUT2D eigenvalue weighted by atomic mass is 10.6. The van der Waals surface area contributed by atoms with E-state index in [2.05, 4.69) is 11.8 Å². The van der Waals surface area contributed by atoms with E-state index in [0.717, 1.165) is 0 Å². The van der Waals surface area contributed by atoms with Gasteiger partial charge in [-0.2, -0.15) is 0 Å². The van der Waals surface area contributed by atoms with Gasteiger partial charge in [-0.25, -0.2) is 0 Å². The van der Waals surface area contributed by atoms with E-state index in [-0.39, 0.29) is 6.61 Å². The zero-order valence-electron chi connectivity index (χ0n) is 3.79. The highest BCUT2D eigenvalue weighted by Gasteiger charge is 2.13. The van der Waals surface area contributed by atoms with Gasteiger partial charge in [0.15, 0.2) is 0 Å². The summed E-state index contributed by atoms with van der Waals surface area (Å²) in [6, 6.07) is 0. The predicted molar refractivity (Wildman–Crippen MR) is 35.2 cm³/mol. The first-order valence-electron chi connectivity index (χ1n) is 1.74. The number of rotatable bonds is 0. The van der Waals surface area contributed by atoms with Crippen molar-refractivity contribution in [1.29, 1.82) is 0 Å². The third kappa shape index (κ3) is 6.39. The fourth-order valence-corrected chi connectivity index (χ4v) is 0.340. The zero-order chi connectivity index (χ0) is 6.62. The van der Waals surface area contributed by atoms with Crippen molar-refractivity contribution in [2.24, 2.45) is 0 Å². The molecule has 0 aliphatic carbocycles. The standard InChI is InChI=1S/C4H3Cl3O/c5-4(6,7)2-1-3-8/h8H,3H2. The van der Waals surface area contributed by atoms with Gasteiger partial charge in [-0.05, 0) is 5.92 Å². The molecule has 1 nitrogen and oxygen atoms in total. The number of halogens is 3. The van der Waals surface area contributed by atoms with Gasteiger partial charge in [0.05, 0.1) is 0 Å². The molecule has 0 aromatic heterocycles. The van der Waals surface area contributed by atoms with E-state index >= 15 is 0 Å². The fraction of sp³-hybridized carbons (Fsp3) is 0.500. The molecule has 0 bridgehead atoms. The van der Waals surface area contributed by atoms with Crippen molar-refractivity contribution in [1.82, 2.24) is 0 Å². The molecule has 0 fully saturated rings. The van der Waals surface area contributed by atoms with Crippen LogP contribution in [0.15, 0.2) is 0 Å². The van der Waals surface area contributed by atoms with Crippen molar-refractivity contribution < 1.29 is 5.11 Å². The number of hydrogen-bond donors (Lipinski definition) is 1. The molecule has 0 aliphatic heterocycles. The highest BCUT2D eigenvalue weighted by atomic mass is 35.6. The number of hydrogen-bond acceptors (Lipinski definition) is 1. The van der Waals surface area contributed by atoms with Crippen LogP contribution < -0.4 is 0 Å². The largest absolute Gasteiger partial charge is 0.384 e. The molecule has 1 N–H and O–H groups in total. The smallest absolute Gasteiger partial charge is 0.252 e. The van der Waals surface area contributed by atoms with Crippen LogP contribution in [0.4, 0.5) is 0 Å². The molecule has 8 heavy (non-hydrogen) atoms. The van der Waals surface area contributed by atoms with Crippen molar-refractivity contribution in [2.75, 3.05) is 6.61 Å². The quantitative estimate of drug-likeness (QED) is 0.433. The van der Waals surface area contributed by atoms with E-state index in [1.54, 1.807) is 0 Å². The second kappa shape index (κ2) is 3.42. The molecule has 0 aliphatic rings. The van der Waals surface area contributed by atoms with Gasteiger partial charge in [0.1, 0.15) is 6.61 Å². The Morgan fingerprint density at radius 2 is 1.88 bits per heavy atom. The molecule has 0 aromatic carbocycles. The van der Waals surface area contributed by atoms with Crippen LogP contribution in [0.1, 0.15) is 0 Å². The third-order valence-corrected chi connectivity index (χ3v) is 0.593. The molecule has 46 valence electrons. The molecule has 0 saturated carbocycles. The minimum Gasteiger partial charge on any atom is -0.384 e. The molecule has 0 spiro atoms. The van der Waals surface area contributed by atoms with Gasteiger partial charge in [-0.1, -0.05) is 40.7 Å². The first-order valence-corrected chi connectivity index (χ1v) is 2.87. The molecular weight excluding hydrogens is 170 g/mol. The highest BCUT2D eigenvalue weighted by molar-refractivity contribution is 6.69. The minimum atomic E-state index is -1.55. The second-order valence-electron chi connectivity index (χ2n) is 0.958. The van der Waals surface area contributed by atoms with Crippen LogP contribution in [-0.4, -0.2) is 15.5 Å². The van der Waals surface area contributed by atoms with Crippen molar-refractivity contribution >= 4 is 34.8 Å². The van der Waals surface area contributed by atoms with Crippen molar-refractivity contribution in [3.05, 3.63) is 0 Å². The first kappa shape index (κ1) is 8.39. The number of aliphatic hydroxyl groups excluding tert-OH is 1. The Kier molecular flexibility index (Phi) is 3.59. The Morgan fingerprint density at radius 3 is 2.00 bits per heavy atom. The van der Waals surface area contributed by atoms with Crippen LogP contribution in [0.3, 0.4) is 0 Å². The fourth-order valence-electron chi connectivity index (χ4n) is 0.140. The summed E-state index contributed by atoms with van der Waals surface area (Å²) in [5.74, 6) is 4.37. The molecule has 0 amide bonds. The first-order chi connectivity index (χ1) is 3.56. The van der Waals surface area contributed by atoms with Crippen LogP contribution >= 0.6 is 34.8 Å². The lowest BCUT2D eigenvalue weighted by Crippen LogP contribution is -1.95. The molecular formula is C4H3Cl3O. The molecule has 0 rings (SSSR count). The van der Waals surface area contributed by atoms with E-state index in [9.17, 15) is 0 Å². The molecule has 0 unspecified atom stereocenters. The van der Waals surface area contributed by atoms with E-state index in [1.807, 2.05) is 0 Å². The minimum absolute atomic E-state index is 0.284. The molecule has 0 aromatic rings. The summed E-state index contributed by atoms with van der Waals surface area (Å²) in [7, 11) is 0. The van der Waals surface area contributed by atoms with Crippen LogP contribution in [0, 0.1) is 11.8 Å². The summed E-state index contributed by atoms with van der Waals surface area (Å²) in [5, 5.41) is 8.08. The Balaban J connectivity index is 3.69. The van der Waals surface area contributed by atoms with Gasteiger partial charge in [0.25, 0.3) is 3.79 Å². The SMILES string of the molecule is OCC#CC(Cl)(Cl)Cl. The lowest BCUT2D eigenvalue weighted by Gasteiger charge is -1.95. The molecule has 0 heterocycles. The maximum Gasteiger partial charge on any atom is 0.252 e. The average molecular weight is 173 g/mol. The van der Waals surface area contributed by atoms with E-state index in [0.29, 0.717) is 0 Å². The second-order valence-corrected chi connectivity index (χ2v) is 3.24. The van der Waals surface area contributed by atoms with Gasteiger partial charge >= 0.3 is 0 Å². The Labute approximate surface area is 62.5 Å². The van der Waals surface area contributed by atoms with E-state index in [1.165, 1.54) is 0 Å². The van der Waals surface area contributed by atoms with E-state index in [4.69, 9.17) is 39.9 Å².